The molecule has 1 aromatic heterocycles. The third kappa shape index (κ3) is 4.49. The molecule has 12 heteroatoms. The lowest BCUT2D eigenvalue weighted by atomic mass is 10.0. The Hall–Kier alpha value is -1.98. The van der Waals surface area contributed by atoms with Crippen LogP contribution in [-0.2, 0) is 10.0 Å². The topological polar surface area (TPSA) is 76.5 Å². The molecule has 0 saturated carbocycles. The van der Waals surface area contributed by atoms with Gasteiger partial charge < -0.3 is 10.1 Å². The van der Waals surface area contributed by atoms with E-state index >= 15 is 0 Å². The first kappa shape index (κ1) is 23.7. The molecule has 1 fully saturated rings. The molecule has 7 nitrogen and oxygen atoms in total. The van der Waals surface area contributed by atoms with Gasteiger partial charge in [-0.2, -0.15) is 22.6 Å². The monoisotopic (exact) mass is 480 g/mol. The summed E-state index contributed by atoms with van der Waals surface area (Å²) >= 11 is 0. The SMILES string of the molecule is COc1ccc(S(=O)(=O)N2CCC(c3cc4n(n3)[C@@H](C(F)(F)F)C[C@@H](C)N4)C2)cc1.Cl. The van der Waals surface area contributed by atoms with E-state index in [2.05, 4.69) is 10.4 Å². The van der Waals surface area contributed by atoms with E-state index in [4.69, 9.17) is 4.74 Å². The molecule has 1 aromatic carbocycles. The standard InChI is InChI=1S/C19H23F3N4O3S.ClH/c1-12-9-17(19(20,21)22)26-18(23-12)10-16(24-26)13-7-8-25(11-13)30(27,28)15-5-3-14(29-2)4-6-15;/h3-6,10,12-13,17,23H,7-9,11H2,1-2H3;1H/t12-,13?,17-;/m1./s1. The zero-order chi connectivity index (χ0) is 21.7. The molecule has 1 saturated heterocycles. The van der Waals surface area contributed by atoms with Crippen LogP contribution in [0.2, 0.25) is 0 Å². The Bertz CT molecular complexity index is 1030. The molecule has 3 atom stereocenters. The maximum absolute atomic E-state index is 13.5. The zero-order valence-corrected chi connectivity index (χ0v) is 18.6. The molecule has 31 heavy (non-hydrogen) atoms. The Kier molecular flexibility index (Phi) is 6.50. The predicted molar refractivity (Wildman–Crippen MR) is 111 cm³/mol. The number of hydrogen-bond donors (Lipinski definition) is 1. The summed E-state index contributed by atoms with van der Waals surface area (Å²) in [6.07, 6.45) is -3.99. The van der Waals surface area contributed by atoms with Crippen molar-refractivity contribution in [2.24, 2.45) is 0 Å². The summed E-state index contributed by atoms with van der Waals surface area (Å²) in [5.74, 6) is 0.613. The summed E-state index contributed by atoms with van der Waals surface area (Å²) in [5, 5.41) is 7.26. The first-order valence-corrected chi connectivity index (χ1v) is 11.1. The zero-order valence-electron chi connectivity index (χ0n) is 17.0. The minimum Gasteiger partial charge on any atom is -0.497 e. The van der Waals surface area contributed by atoms with Crippen LogP contribution in [0.15, 0.2) is 35.2 Å². The number of benzene rings is 1. The molecule has 1 unspecified atom stereocenters. The molecule has 2 aliphatic rings. The molecule has 4 rings (SSSR count). The maximum atomic E-state index is 13.5. The summed E-state index contributed by atoms with van der Waals surface area (Å²) in [4.78, 5) is 0.153. The number of ether oxygens (including phenoxy) is 1. The largest absolute Gasteiger partial charge is 0.497 e. The van der Waals surface area contributed by atoms with E-state index in [0.29, 0.717) is 23.7 Å². The van der Waals surface area contributed by atoms with Gasteiger partial charge >= 0.3 is 6.18 Å². The van der Waals surface area contributed by atoms with E-state index in [-0.39, 0.29) is 48.8 Å². The number of sulfonamides is 1. The quantitative estimate of drug-likeness (QED) is 0.720. The highest BCUT2D eigenvalue weighted by molar-refractivity contribution is 7.89. The van der Waals surface area contributed by atoms with Crippen molar-refractivity contribution in [2.75, 3.05) is 25.5 Å². The molecule has 0 amide bonds. The molecule has 0 spiro atoms. The summed E-state index contributed by atoms with van der Waals surface area (Å²) < 4.78 is 73.6. The van der Waals surface area contributed by atoms with Gasteiger partial charge in [0.2, 0.25) is 10.0 Å². The van der Waals surface area contributed by atoms with Crippen LogP contribution in [0, 0.1) is 0 Å². The number of aromatic nitrogens is 2. The summed E-state index contributed by atoms with van der Waals surface area (Å²) in [6, 6.07) is 5.72. The lowest BCUT2D eigenvalue weighted by molar-refractivity contribution is -0.173. The van der Waals surface area contributed by atoms with Crippen LogP contribution < -0.4 is 10.1 Å². The van der Waals surface area contributed by atoms with E-state index in [1.807, 2.05) is 0 Å². The average Bonchev–Trinajstić information content (AvgIpc) is 3.33. The molecule has 2 aliphatic heterocycles. The van der Waals surface area contributed by atoms with Gasteiger partial charge in [-0.15, -0.1) is 12.4 Å². The number of halogens is 4. The van der Waals surface area contributed by atoms with Crippen molar-refractivity contribution in [1.29, 1.82) is 0 Å². The van der Waals surface area contributed by atoms with Gasteiger partial charge in [-0.3, -0.25) is 0 Å². The molecule has 172 valence electrons. The van der Waals surface area contributed by atoms with Crippen LogP contribution in [0.3, 0.4) is 0 Å². The Morgan fingerprint density at radius 3 is 2.52 bits per heavy atom. The van der Waals surface area contributed by atoms with Gasteiger partial charge in [0.05, 0.1) is 17.7 Å². The average molecular weight is 481 g/mol. The molecule has 1 N–H and O–H groups in total. The van der Waals surface area contributed by atoms with Gasteiger partial charge in [0.25, 0.3) is 0 Å². The second kappa shape index (κ2) is 8.51. The number of alkyl halides is 3. The van der Waals surface area contributed by atoms with Crippen molar-refractivity contribution < 1.29 is 26.3 Å². The summed E-state index contributed by atoms with van der Waals surface area (Å²) in [7, 11) is -2.20. The first-order valence-electron chi connectivity index (χ1n) is 9.66. The Balaban J connectivity index is 0.00000272. The number of anilines is 1. The van der Waals surface area contributed by atoms with E-state index < -0.39 is 22.2 Å². The number of rotatable bonds is 4. The number of nitrogens with zero attached hydrogens (tertiary/aromatic N) is 3. The lowest BCUT2D eigenvalue weighted by Gasteiger charge is -2.31. The minimum absolute atomic E-state index is 0. The predicted octanol–water partition coefficient (Wildman–Crippen LogP) is 3.80. The highest BCUT2D eigenvalue weighted by Crippen LogP contribution is 2.41. The van der Waals surface area contributed by atoms with Crippen LogP contribution in [0.25, 0.3) is 0 Å². The second-order valence-corrected chi connectivity index (χ2v) is 9.70. The molecule has 3 heterocycles. The highest BCUT2D eigenvalue weighted by Gasteiger charge is 2.46. The molecular weight excluding hydrogens is 457 g/mol. The normalized spacial score (nSPS) is 24.2. The Labute approximate surface area is 185 Å². The van der Waals surface area contributed by atoms with Crippen molar-refractivity contribution in [1.82, 2.24) is 14.1 Å². The van der Waals surface area contributed by atoms with Gasteiger partial charge in [-0.1, -0.05) is 0 Å². The first-order chi connectivity index (χ1) is 14.1. The fraction of sp³-hybridized carbons (Fsp3) is 0.526. The van der Waals surface area contributed by atoms with Crippen LogP contribution >= 0.6 is 12.4 Å². The van der Waals surface area contributed by atoms with Crippen molar-refractivity contribution in [3.8, 4) is 5.75 Å². The van der Waals surface area contributed by atoms with Gasteiger partial charge in [0.1, 0.15) is 11.6 Å². The third-order valence-corrected chi connectivity index (χ3v) is 7.54. The number of nitrogens with one attached hydrogen (secondary N) is 1. The fourth-order valence-corrected chi connectivity index (χ4v) is 5.56. The number of methoxy groups -OCH3 is 1. The van der Waals surface area contributed by atoms with Crippen molar-refractivity contribution >= 4 is 28.2 Å². The van der Waals surface area contributed by atoms with E-state index in [0.717, 1.165) is 4.68 Å². The smallest absolute Gasteiger partial charge is 0.410 e. The third-order valence-electron chi connectivity index (χ3n) is 5.67. The van der Waals surface area contributed by atoms with Gasteiger partial charge in [0, 0.05) is 31.1 Å². The second-order valence-electron chi connectivity index (χ2n) is 7.76. The minimum atomic E-state index is -4.40. The van der Waals surface area contributed by atoms with Gasteiger partial charge in [0.15, 0.2) is 6.04 Å². The van der Waals surface area contributed by atoms with Crippen molar-refractivity contribution in [3.63, 3.8) is 0 Å². The number of fused-ring (bicyclic) bond motifs is 1. The maximum Gasteiger partial charge on any atom is 0.410 e. The lowest BCUT2D eigenvalue weighted by Crippen LogP contribution is -2.37. The van der Waals surface area contributed by atoms with Crippen molar-refractivity contribution in [3.05, 3.63) is 36.0 Å². The van der Waals surface area contributed by atoms with E-state index in [9.17, 15) is 21.6 Å². The van der Waals surface area contributed by atoms with Crippen LogP contribution in [-0.4, -0.2) is 54.9 Å². The van der Waals surface area contributed by atoms with Crippen LogP contribution in [0.1, 0.15) is 37.4 Å². The molecule has 2 aromatic rings. The molecule has 0 bridgehead atoms. The van der Waals surface area contributed by atoms with Gasteiger partial charge in [-0.25, -0.2) is 13.1 Å². The summed E-state index contributed by atoms with van der Waals surface area (Å²) in [5.41, 5.74) is 0.480. The Morgan fingerprint density at radius 2 is 1.90 bits per heavy atom. The molecule has 0 radical (unpaired) electrons. The number of hydrogen-bond acceptors (Lipinski definition) is 5. The Morgan fingerprint density at radius 1 is 1.23 bits per heavy atom. The fourth-order valence-electron chi connectivity index (χ4n) is 4.06. The van der Waals surface area contributed by atoms with Crippen LogP contribution in [0.4, 0.5) is 19.0 Å². The molecule has 0 aliphatic carbocycles. The van der Waals surface area contributed by atoms with Gasteiger partial charge in [-0.05, 0) is 44.0 Å². The van der Waals surface area contributed by atoms with E-state index in [1.165, 1.54) is 23.5 Å². The molecular formula is C19H24ClF3N4O3S. The van der Waals surface area contributed by atoms with Crippen molar-refractivity contribution in [2.45, 2.75) is 48.8 Å². The van der Waals surface area contributed by atoms with E-state index in [1.54, 1.807) is 25.1 Å². The summed E-state index contributed by atoms with van der Waals surface area (Å²) in [6.45, 7) is 2.17. The highest BCUT2D eigenvalue weighted by atomic mass is 35.5. The van der Waals surface area contributed by atoms with Crippen LogP contribution in [0.5, 0.6) is 5.75 Å².